The molecule has 0 bridgehead atoms. The van der Waals surface area contributed by atoms with Crippen molar-refractivity contribution in [3.63, 3.8) is 0 Å². The van der Waals surface area contributed by atoms with Gasteiger partial charge in [0.1, 0.15) is 0 Å². The van der Waals surface area contributed by atoms with E-state index in [2.05, 4.69) is 149 Å². The third kappa shape index (κ3) is 5.12. The first kappa shape index (κ1) is 36.2. The Morgan fingerprint density at radius 2 is 1.36 bits per heavy atom. The molecule has 0 saturated carbocycles. The first-order valence-corrected chi connectivity index (χ1v) is 20.9. The number of rotatable bonds is 3. The molecule has 6 atom stereocenters. The number of fused-ring (bicyclic) bond motifs is 8. The van der Waals surface area contributed by atoms with Crippen LogP contribution in [0.3, 0.4) is 0 Å². The third-order valence-electron chi connectivity index (χ3n) is 12.7. The molecule has 0 aromatic heterocycles. The second-order valence-corrected chi connectivity index (χ2v) is 23.4. The van der Waals surface area contributed by atoms with Crippen molar-refractivity contribution in [2.24, 2.45) is 17.8 Å². The van der Waals surface area contributed by atoms with Crippen LogP contribution >= 0.6 is 0 Å². The molecule has 4 aromatic rings. The summed E-state index contributed by atoms with van der Waals surface area (Å²) in [5, 5.41) is 2.98. The van der Waals surface area contributed by atoms with Gasteiger partial charge in [-0.15, -0.1) is 0 Å². The molecule has 3 aliphatic carbocycles. The molecule has 3 aliphatic rings. The number of aryl methyl sites for hydroxylation is 1. The Morgan fingerprint density at radius 1 is 0.745 bits per heavy atom. The van der Waals surface area contributed by atoms with E-state index in [1.54, 1.807) is 34.3 Å². The Kier molecular flexibility index (Phi) is 10.0. The maximum Gasteiger partial charge on any atom is -1.00 e. The van der Waals surface area contributed by atoms with E-state index in [4.69, 9.17) is 0 Å². The van der Waals surface area contributed by atoms with E-state index in [0.29, 0.717) is 29.6 Å². The SMILES string of the molecule is C[C](C)=[Zr+2]([C]1=CC(c2ccccc2)=CC1C)[C]1(C)c2c3c(c4ccccc4c2C(C)C(C)C1C)-c1cc(C)c(C)c(C)c1C3C.[Cl-].[Cl-]. The third-order valence-corrected chi connectivity index (χ3v) is 22.4. The van der Waals surface area contributed by atoms with Gasteiger partial charge in [0.2, 0.25) is 0 Å². The summed E-state index contributed by atoms with van der Waals surface area (Å²) in [6, 6.07) is 23.1. The fraction of sp³-hybridized carbons (Fsp3) is 0.386. The smallest absolute Gasteiger partial charge is 1.00 e. The summed E-state index contributed by atoms with van der Waals surface area (Å²) >= 11 is -2.53. The first-order valence-electron chi connectivity index (χ1n) is 17.3. The van der Waals surface area contributed by atoms with E-state index in [1.165, 1.54) is 44.2 Å². The van der Waals surface area contributed by atoms with Crippen molar-refractivity contribution in [3.05, 3.63) is 121 Å². The Bertz CT molecular complexity index is 1990. The van der Waals surface area contributed by atoms with Crippen molar-refractivity contribution in [2.45, 2.75) is 91.1 Å². The van der Waals surface area contributed by atoms with E-state index >= 15 is 0 Å². The Balaban J connectivity index is 0.00000217. The van der Waals surface area contributed by atoms with Crippen molar-refractivity contribution in [1.29, 1.82) is 0 Å². The zero-order valence-electron chi connectivity index (χ0n) is 30.1. The summed E-state index contributed by atoms with van der Waals surface area (Å²) in [6.07, 6.45) is 5.22. The van der Waals surface area contributed by atoms with Gasteiger partial charge in [-0.05, 0) is 0 Å². The van der Waals surface area contributed by atoms with E-state index in [0.717, 1.165) is 0 Å². The summed E-state index contributed by atoms with van der Waals surface area (Å²) in [6.45, 7) is 27.5. The van der Waals surface area contributed by atoms with E-state index in [1.807, 2.05) is 0 Å². The van der Waals surface area contributed by atoms with Crippen LogP contribution < -0.4 is 24.8 Å². The average Bonchev–Trinajstić information content (AvgIpc) is 3.54. The summed E-state index contributed by atoms with van der Waals surface area (Å²) in [4.78, 5) is 0. The van der Waals surface area contributed by atoms with Gasteiger partial charge in [-0.1, -0.05) is 0 Å². The van der Waals surface area contributed by atoms with Crippen molar-refractivity contribution in [1.82, 2.24) is 0 Å². The fourth-order valence-electron chi connectivity index (χ4n) is 9.98. The Morgan fingerprint density at radius 3 is 2.00 bits per heavy atom. The van der Waals surface area contributed by atoms with Gasteiger partial charge in [0.15, 0.2) is 0 Å². The molecule has 0 N–H and O–H groups in total. The van der Waals surface area contributed by atoms with Crippen molar-refractivity contribution < 1.29 is 46.1 Å². The van der Waals surface area contributed by atoms with Gasteiger partial charge in [-0.25, -0.2) is 0 Å². The Hall–Kier alpha value is -2.05. The number of halogens is 2. The molecule has 0 nitrogen and oxygen atoms in total. The quantitative estimate of drug-likeness (QED) is 0.244. The predicted molar refractivity (Wildman–Crippen MR) is 193 cm³/mol. The van der Waals surface area contributed by atoms with Crippen LogP contribution in [0, 0.1) is 38.5 Å². The topological polar surface area (TPSA) is 0 Å². The predicted octanol–water partition coefficient (Wildman–Crippen LogP) is 5.96. The molecule has 0 spiro atoms. The van der Waals surface area contributed by atoms with Crippen LogP contribution in [-0.4, -0.2) is 3.21 Å². The maximum atomic E-state index is 2.75. The van der Waals surface area contributed by atoms with Crippen LogP contribution in [0.2, 0.25) is 0 Å². The second-order valence-electron chi connectivity index (χ2n) is 15.1. The zero-order chi connectivity index (χ0) is 32.1. The molecule has 6 unspecified atom stereocenters. The minimum atomic E-state index is -2.53. The zero-order valence-corrected chi connectivity index (χ0v) is 34.0. The van der Waals surface area contributed by atoms with Gasteiger partial charge in [0.25, 0.3) is 0 Å². The molecule has 3 heteroatoms. The van der Waals surface area contributed by atoms with Crippen LogP contribution in [0.1, 0.15) is 112 Å². The Labute approximate surface area is 304 Å². The summed E-state index contributed by atoms with van der Waals surface area (Å²) in [7, 11) is 0. The van der Waals surface area contributed by atoms with Crippen molar-refractivity contribution in [2.75, 3.05) is 0 Å². The van der Waals surface area contributed by atoms with Crippen LogP contribution in [0.4, 0.5) is 0 Å². The molecule has 0 aliphatic heterocycles. The summed E-state index contributed by atoms with van der Waals surface area (Å²) in [5.74, 6) is 2.62. The minimum absolute atomic E-state index is 0. The number of benzene rings is 4. The molecule has 0 radical (unpaired) electrons. The van der Waals surface area contributed by atoms with Crippen LogP contribution in [0.5, 0.6) is 0 Å². The van der Waals surface area contributed by atoms with Crippen molar-refractivity contribution >= 4 is 19.6 Å². The monoisotopic (exact) mass is 738 g/mol. The van der Waals surface area contributed by atoms with Gasteiger partial charge < -0.3 is 24.8 Å². The van der Waals surface area contributed by atoms with Crippen molar-refractivity contribution in [3.8, 4) is 11.1 Å². The average molecular weight is 741 g/mol. The molecular weight excluding hydrogens is 691 g/mol. The molecule has 4 aromatic carbocycles. The number of hydrogen-bond donors (Lipinski definition) is 0. The molecule has 0 fully saturated rings. The van der Waals surface area contributed by atoms with E-state index < -0.39 is 21.3 Å². The van der Waals surface area contributed by atoms with Crippen LogP contribution in [0.25, 0.3) is 27.5 Å². The molecular formula is C44H50Cl2Zr. The van der Waals surface area contributed by atoms with Gasteiger partial charge >= 0.3 is 281 Å². The molecule has 0 amide bonds. The summed E-state index contributed by atoms with van der Waals surface area (Å²) < 4.78 is 3.66. The normalized spacial score (nSPS) is 25.4. The number of hydrogen-bond acceptors (Lipinski definition) is 0. The van der Waals surface area contributed by atoms with E-state index in [-0.39, 0.29) is 27.9 Å². The van der Waals surface area contributed by atoms with Gasteiger partial charge in [-0.2, -0.15) is 0 Å². The van der Waals surface area contributed by atoms with Gasteiger partial charge in [-0.3, -0.25) is 0 Å². The first-order chi connectivity index (χ1) is 21.4. The van der Waals surface area contributed by atoms with Gasteiger partial charge in [0, 0.05) is 0 Å². The number of allylic oxidation sites excluding steroid dienone is 4. The standard InChI is InChI=1S/C29H33.C12H11.C3H6.2ClH.Zr/c1-14-13-24-25(18(5)15(14)2)21(8)28-27-20(7)17(4)16(3)19(6)26(27)22-11-9-10-12-23(22)29(24)28;1-10-7-8-12(9-10)11-5-3-2-4-6-11;1-3-2;;;/h9-13,16-17,19,21H,1-8H3;2-6,8-10H,1H3;1-2H3;2*1H;/q;;;;;+2/p-2. The fourth-order valence-corrected chi connectivity index (χ4v) is 20.5. The maximum absolute atomic E-state index is 2.75. The van der Waals surface area contributed by atoms with Crippen LogP contribution in [0.15, 0.2) is 76.1 Å². The minimum Gasteiger partial charge on any atom is -1.00 e. The molecule has 0 heterocycles. The molecule has 7 rings (SSSR count). The summed E-state index contributed by atoms with van der Waals surface area (Å²) in [5.41, 5.74) is 16.9. The second kappa shape index (κ2) is 13.0. The van der Waals surface area contributed by atoms with Gasteiger partial charge in [0.05, 0.1) is 0 Å². The van der Waals surface area contributed by atoms with E-state index in [9.17, 15) is 0 Å². The largest absolute Gasteiger partial charge is 1.00 e. The molecule has 47 heavy (non-hydrogen) atoms. The molecule has 244 valence electrons. The molecule has 0 saturated heterocycles. The van der Waals surface area contributed by atoms with Crippen LogP contribution in [-0.2, 0) is 24.4 Å².